The van der Waals surface area contributed by atoms with Crippen LogP contribution in [0.2, 0.25) is 5.02 Å². The number of amides is 3. The Balaban J connectivity index is 1.75. The van der Waals surface area contributed by atoms with Crippen molar-refractivity contribution in [3.63, 3.8) is 0 Å². The lowest BCUT2D eigenvalue weighted by atomic mass is 10.1. The molecule has 0 radical (unpaired) electrons. The molecule has 1 aromatic rings. The van der Waals surface area contributed by atoms with Crippen molar-refractivity contribution >= 4 is 29.2 Å². The molecule has 0 saturated carbocycles. The number of anilines is 1. The summed E-state index contributed by atoms with van der Waals surface area (Å²) in [5, 5.41) is 18.3. The Morgan fingerprint density at radius 3 is 2.69 bits per heavy atom. The van der Waals surface area contributed by atoms with E-state index in [1.54, 1.807) is 29.2 Å². The van der Waals surface area contributed by atoms with Crippen molar-refractivity contribution in [3.8, 4) is 6.07 Å². The Hall–Kier alpha value is -2.30. The number of rotatable bonds is 6. The normalized spacial score (nSPS) is 16.8. The summed E-state index contributed by atoms with van der Waals surface area (Å²) in [7, 11) is 0. The second-order valence-corrected chi connectivity index (χ2v) is 7.36. The molecule has 1 aliphatic rings. The average molecular weight is 378 g/mol. The highest BCUT2D eigenvalue weighted by molar-refractivity contribution is 6.30. The minimum atomic E-state index is -0.477. The molecule has 0 bridgehead atoms. The van der Waals surface area contributed by atoms with Gasteiger partial charge in [-0.25, -0.2) is 4.79 Å². The van der Waals surface area contributed by atoms with E-state index < -0.39 is 5.54 Å². The summed E-state index contributed by atoms with van der Waals surface area (Å²) in [5.74, 6) is -0.0901. The fourth-order valence-electron chi connectivity index (χ4n) is 2.69. The van der Waals surface area contributed by atoms with Crippen molar-refractivity contribution in [2.45, 2.75) is 38.3 Å². The van der Waals surface area contributed by atoms with E-state index in [2.05, 4.69) is 22.0 Å². The zero-order valence-electron chi connectivity index (χ0n) is 15.0. The van der Waals surface area contributed by atoms with E-state index in [4.69, 9.17) is 16.9 Å². The highest BCUT2D eigenvalue weighted by Crippen LogP contribution is 2.16. The predicted molar refractivity (Wildman–Crippen MR) is 101 cm³/mol. The maximum atomic E-state index is 12.3. The Bertz CT molecular complexity index is 684. The topological polar surface area (TPSA) is 97.3 Å². The summed E-state index contributed by atoms with van der Waals surface area (Å²) in [6.07, 6.45) is 1.60. The summed E-state index contributed by atoms with van der Waals surface area (Å²) >= 11 is 5.81. The number of benzene rings is 1. The van der Waals surface area contributed by atoms with Crippen molar-refractivity contribution in [3.05, 3.63) is 29.3 Å². The van der Waals surface area contributed by atoms with Crippen LogP contribution in [0, 0.1) is 11.3 Å². The monoisotopic (exact) mass is 377 g/mol. The molecule has 140 valence electrons. The molecule has 8 heteroatoms. The van der Waals surface area contributed by atoms with Crippen LogP contribution in [-0.2, 0) is 4.79 Å². The molecule has 7 nitrogen and oxygen atoms in total. The molecular weight excluding hydrogens is 354 g/mol. The van der Waals surface area contributed by atoms with Crippen LogP contribution >= 0.6 is 11.6 Å². The second kappa shape index (κ2) is 8.88. The van der Waals surface area contributed by atoms with Crippen molar-refractivity contribution in [1.82, 2.24) is 15.5 Å². The number of nitriles is 1. The lowest BCUT2D eigenvalue weighted by molar-refractivity contribution is -0.130. The molecule has 0 spiro atoms. The van der Waals surface area contributed by atoms with Gasteiger partial charge in [0.2, 0.25) is 5.91 Å². The Labute approximate surface area is 158 Å². The van der Waals surface area contributed by atoms with Gasteiger partial charge in [-0.1, -0.05) is 11.6 Å². The smallest absolute Gasteiger partial charge is 0.319 e. The highest BCUT2D eigenvalue weighted by Gasteiger charge is 2.29. The minimum Gasteiger partial charge on any atom is -0.336 e. The quantitative estimate of drug-likeness (QED) is 0.708. The molecule has 1 saturated heterocycles. The SMILES string of the molecule is CC(C)(CNC(=O)Nc1ccc(Cl)cc1)NCC(=O)N1CCC[C@H]1C#N. The molecule has 2 rings (SSSR count). The first-order valence-corrected chi connectivity index (χ1v) is 8.93. The van der Waals surface area contributed by atoms with Gasteiger partial charge in [0, 0.05) is 29.3 Å². The van der Waals surface area contributed by atoms with Gasteiger partial charge in [0.25, 0.3) is 0 Å². The number of nitrogens with zero attached hydrogens (tertiary/aromatic N) is 2. The molecule has 3 N–H and O–H groups in total. The molecule has 0 unspecified atom stereocenters. The Kier molecular flexibility index (Phi) is 6.83. The lowest BCUT2D eigenvalue weighted by Crippen LogP contribution is -2.53. The van der Waals surface area contributed by atoms with Crippen LogP contribution in [-0.4, -0.2) is 48.1 Å². The summed E-state index contributed by atoms with van der Waals surface area (Å²) in [6, 6.07) is 8.32. The highest BCUT2D eigenvalue weighted by atomic mass is 35.5. The standard InChI is InChI=1S/C18H24ClN5O2/c1-18(2,22-11-16(25)24-9-3-4-15(24)10-20)12-21-17(26)23-14-7-5-13(19)6-8-14/h5-8,15,22H,3-4,9,11-12H2,1-2H3,(H2,21,23,26)/t15-/m0/s1. The number of halogens is 1. The molecule has 3 amide bonds. The van der Waals surface area contributed by atoms with Gasteiger partial charge in [0.05, 0.1) is 12.6 Å². The molecule has 1 atom stereocenters. The zero-order chi connectivity index (χ0) is 19.2. The summed E-state index contributed by atoms with van der Waals surface area (Å²) in [4.78, 5) is 25.9. The third-order valence-corrected chi connectivity index (χ3v) is 4.49. The Morgan fingerprint density at radius 1 is 1.35 bits per heavy atom. The largest absolute Gasteiger partial charge is 0.336 e. The van der Waals surface area contributed by atoms with E-state index in [1.807, 2.05) is 13.8 Å². The van der Waals surface area contributed by atoms with Gasteiger partial charge in [0.15, 0.2) is 0 Å². The fourth-order valence-corrected chi connectivity index (χ4v) is 2.81. The lowest BCUT2D eigenvalue weighted by Gasteiger charge is -2.28. The van der Waals surface area contributed by atoms with Crippen LogP contribution in [0.25, 0.3) is 0 Å². The van der Waals surface area contributed by atoms with Gasteiger partial charge in [-0.3, -0.25) is 4.79 Å². The van der Waals surface area contributed by atoms with Crippen LogP contribution in [0.5, 0.6) is 0 Å². The number of nitrogens with one attached hydrogen (secondary N) is 3. The number of urea groups is 1. The van der Waals surface area contributed by atoms with Crippen LogP contribution in [0.4, 0.5) is 10.5 Å². The zero-order valence-corrected chi connectivity index (χ0v) is 15.8. The first-order chi connectivity index (χ1) is 12.3. The van der Waals surface area contributed by atoms with Crippen molar-refractivity contribution in [1.29, 1.82) is 5.26 Å². The molecule has 1 fully saturated rings. The van der Waals surface area contributed by atoms with E-state index in [0.29, 0.717) is 23.8 Å². The maximum absolute atomic E-state index is 12.3. The van der Waals surface area contributed by atoms with Gasteiger partial charge in [-0.15, -0.1) is 0 Å². The van der Waals surface area contributed by atoms with Gasteiger partial charge < -0.3 is 20.9 Å². The van der Waals surface area contributed by atoms with E-state index in [1.165, 1.54) is 0 Å². The maximum Gasteiger partial charge on any atom is 0.319 e. The van der Waals surface area contributed by atoms with Gasteiger partial charge in [0.1, 0.15) is 6.04 Å². The first-order valence-electron chi connectivity index (χ1n) is 8.55. The predicted octanol–water partition coefficient (Wildman–Crippen LogP) is 2.34. The van der Waals surface area contributed by atoms with E-state index in [9.17, 15) is 9.59 Å². The van der Waals surface area contributed by atoms with E-state index in [-0.39, 0.29) is 24.5 Å². The molecular formula is C18H24ClN5O2. The summed E-state index contributed by atoms with van der Waals surface area (Å²) in [6.45, 7) is 4.89. The van der Waals surface area contributed by atoms with E-state index >= 15 is 0 Å². The minimum absolute atomic E-state index is 0.0901. The van der Waals surface area contributed by atoms with Crippen molar-refractivity contribution in [2.75, 3.05) is 25.0 Å². The summed E-state index contributed by atoms with van der Waals surface area (Å²) in [5.41, 5.74) is 0.166. The third kappa shape index (κ3) is 5.90. The van der Waals surface area contributed by atoms with Gasteiger partial charge >= 0.3 is 6.03 Å². The number of hydrogen-bond donors (Lipinski definition) is 3. The van der Waals surface area contributed by atoms with Crippen molar-refractivity contribution in [2.24, 2.45) is 0 Å². The first kappa shape index (κ1) is 20.0. The number of likely N-dealkylation sites (tertiary alicyclic amines) is 1. The van der Waals surface area contributed by atoms with Crippen LogP contribution < -0.4 is 16.0 Å². The molecule has 1 aliphatic heterocycles. The van der Waals surface area contributed by atoms with Gasteiger partial charge in [-0.05, 0) is 51.0 Å². The Morgan fingerprint density at radius 2 is 2.04 bits per heavy atom. The molecule has 1 heterocycles. The van der Waals surface area contributed by atoms with Gasteiger partial charge in [-0.2, -0.15) is 5.26 Å². The van der Waals surface area contributed by atoms with Crippen molar-refractivity contribution < 1.29 is 9.59 Å². The molecule has 1 aromatic carbocycles. The fraction of sp³-hybridized carbons (Fsp3) is 0.500. The molecule has 26 heavy (non-hydrogen) atoms. The van der Waals surface area contributed by atoms with E-state index in [0.717, 1.165) is 12.8 Å². The number of carbonyl (C=O) groups is 2. The third-order valence-electron chi connectivity index (χ3n) is 4.23. The molecule has 0 aliphatic carbocycles. The molecule has 0 aromatic heterocycles. The number of hydrogen-bond acceptors (Lipinski definition) is 4. The van der Waals surface area contributed by atoms with Crippen LogP contribution in [0.1, 0.15) is 26.7 Å². The number of carbonyl (C=O) groups excluding carboxylic acids is 2. The average Bonchev–Trinajstić information content (AvgIpc) is 3.09. The summed E-state index contributed by atoms with van der Waals surface area (Å²) < 4.78 is 0. The van der Waals surface area contributed by atoms with Crippen LogP contribution in [0.15, 0.2) is 24.3 Å². The second-order valence-electron chi connectivity index (χ2n) is 6.93. The van der Waals surface area contributed by atoms with Crippen LogP contribution in [0.3, 0.4) is 0 Å².